The summed E-state index contributed by atoms with van der Waals surface area (Å²) in [5.41, 5.74) is 1.05. The van der Waals surface area contributed by atoms with Crippen LogP contribution in [-0.4, -0.2) is 23.9 Å². The lowest BCUT2D eigenvalue weighted by atomic mass is 9.75. The highest BCUT2D eigenvalue weighted by atomic mass is 16.5. The lowest BCUT2D eigenvalue weighted by Crippen LogP contribution is -2.39. The Morgan fingerprint density at radius 1 is 1.38 bits per heavy atom. The van der Waals surface area contributed by atoms with Gasteiger partial charge < -0.3 is 9.84 Å². The first kappa shape index (κ1) is 9.22. The highest BCUT2D eigenvalue weighted by molar-refractivity contribution is 5.15. The van der Waals surface area contributed by atoms with E-state index in [1.165, 1.54) is 19.3 Å². The van der Waals surface area contributed by atoms with Crippen molar-refractivity contribution in [1.82, 2.24) is 0 Å². The minimum absolute atomic E-state index is 0.0376. The maximum absolute atomic E-state index is 9.31. The Morgan fingerprint density at radius 2 is 2.08 bits per heavy atom. The Bertz CT molecular complexity index is 204. The van der Waals surface area contributed by atoms with E-state index in [0.717, 1.165) is 18.4 Å². The maximum atomic E-state index is 9.31. The largest absolute Gasteiger partial charge is 0.396 e. The first-order valence-electron chi connectivity index (χ1n) is 5.21. The first-order valence-corrected chi connectivity index (χ1v) is 5.21. The molecule has 1 saturated carbocycles. The van der Waals surface area contributed by atoms with E-state index in [1.54, 1.807) is 0 Å². The lowest BCUT2D eigenvalue weighted by molar-refractivity contribution is -0.0597. The van der Waals surface area contributed by atoms with Crippen molar-refractivity contribution in [2.24, 2.45) is 5.92 Å². The fraction of sp³-hybridized carbons (Fsp3) is 0.818. The number of aliphatic hydroxyl groups is 1. The molecule has 2 nitrogen and oxygen atoms in total. The second kappa shape index (κ2) is 3.43. The maximum Gasteiger partial charge on any atom is 0.0774 e. The third kappa shape index (κ3) is 1.42. The van der Waals surface area contributed by atoms with Crippen LogP contribution in [-0.2, 0) is 4.74 Å². The summed E-state index contributed by atoms with van der Waals surface area (Å²) in [5, 5.41) is 9.31. The lowest BCUT2D eigenvalue weighted by Gasteiger charge is -2.36. The number of aliphatic hydroxyl groups excluding tert-OH is 1. The van der Waals surface area contributed by atoms with E-state index < -0.39 is 0 Å². The Kier molecular flexibility index (Phi) is 2.43. The van der Waals surface area contributed by atoms with Gasteiger partial charge in [0.1, 0.15) is 0 Å². The monoisotopic (exact) mass is 182 g/mol. The highest BCUT2D eigenvalue weighted by Gasteiger charge is 2.46. The predicted molar refractivity (Wildman–Crippen MR) is 51.5 cm³/mol. The smallest absolute Gasteiger partial charge is 0.0774 e. The Balaban J connectivity index is 2.15. The van der Waals surface area contributed by atoms with E-state index in [1.807, 2.05) is 0 Å². The van der Waals surface area contributed by atoms with Gasteiger partial charge in [-0.05, 0) is 18.4 Å². The zero-order valence-electron chi connectivity index (χ0n) is 8.09. The molecule has 2 aliphatic rings. The number of hydrogen-bond donors (Lipinski definition) is 1. The summed E-state index contributed by atoms with van der Waals surface area (Å²) < 4.78 is 5.84. The van der Waals surface area contributed by atoms with Crippen LogP contribution in [0.1, 0.15) is 32.1 Å². The zero-order chi connectivity index (χ0) is 9.31. The molecule has 1 aliphatic heterocycles. The molecular formula is C11H18O2. The molecule has 0 amide bonds. The highest BCUT2D eigenvalue weighted by Crippen LogP contribution is 2.44. The van der Waals surface area contributed by atoms with Crippen LogP contribution in [0.25, 0.3) is 0 Å². The molecule has 1 spiro atoms. The van der Waals surface area contributed by atoms with Crippen molar-refractivity contribution in [3.63, 3.8) is 0 Å². The van der Waals surface area contributed by atoms with E-state index in [2.05, 4.69) is 6.58 Å². The topological polar surface area (TPSA) is 29.5 Å². The zero-order valence-corrected chi connectivity index (χ0v) is 8.09. The van der Waals surface area contributed by atoms with E-state index in [-0.39, 0.29) is 18.1 Å². The van der Waals surface area contributed by atoms with Crippen molar-refractivity contribution in [3.8, 4) is 0 Å². The fourth-order valence-corrected chi connectivity index (χ4v) is 2.75. The van der Waals surface area contributed by atoms with E-state index in [9.17, 15) is 5.11 Å². The molecular weight excluding hydrogens is 164 g/mol. The van der Waals surface area contributed by atoms with Crippen molar-refractivity contribution in [3.05, 3.63) is 12.2 Å². The minimum atomic E-state index is -0.0376. The van der Waals surface area contributed by atoms with Gasteiger partial charge in [-0.1, -0.05) is 25.8 Å². The van der Waals surface area contributed by atoms with Crippen LogP contribution in [0.15, 0.2) is 12.2 Å². The quantitative estimate of drug-likeness (QED) is 0.627. The Labute approximate surface area is 79.6 Å². The molecule has 1 N–H and O–H groups in total. The summed E-state index contributed by atoms with van der Waals surface area (Å²) in [5.74, 6) is 0.202. The molecule has 0 aromatic heterocycles. The van der Waals surface area contributed by atoms with Crippen LogP contribution in [0, 0.1) is 5.92 Å². The van der Waals surface area contributed by atoms with Crippen molar-refractivity contribution >= 4 is 0 Å². The molecule has 1 saturated heterocycles. The van der Waals surface area contributed by atoms with Crippen LogP contribution < -0.4 is 0 Å². The summed E-state index contributed by atoms with van der Waals surface area (Å²) in [4.78, 5) is 0. The van der Waals surface area contributed by atoms with Gasteiger partial charge in [0.2, 0.25) is 0 Å². The summed E-state index contributed by atoms with van der Waals surface area (Å²) >= 11 is 0. The molecule has 1 atom stereocenters. The molecule has 74 valence electrons. The molecule has 2 rings (SSSR count). The predicted octanol–water partition coefficient (Wildman–Crippen LogP) is 1.88. The second-order valence-corrected chi connectivity index (χ2v) is 4.31. The number of rotatable bonds is 1. The molecule has 1 heterocycles. The number of hydrogen-bond acceptors (Lipinski definition) is 2. The molecule has 2 fully saturated rings. The molecule has 0 radical (unpaired) electrons. The average Bonchev–Trinajstić information content (AvgIpc) is 2.45. The number of ether oxygens (including phenoxy) is 1. The molecule has 1 aliphatic carbocycles. The first-order chi connectivity index (χ1) is 6.28. The van der Waals surface area contributed by atoms with E-state index in [0.29, 0.717) is 6.61 Å². The Morgan fingerprint density at radius 3 is 2.69 bits per heavy atom. The molecule has 0 bridgehead atoms. The molecule has 0 aromatic carbocycles. The molecule has 0 aromatic rings. The van der Waals surface area contributed by atoms with Crippen molar-refractivity contribution in [2.45, 2.75) is 37.7 Å². The standard InChI is InChI=1S/C11H18O2/c1-9-8-13-11(10(9)7-12)5-3-2-4-6-11/h10,12H,1-8H2. The summed E-state index contributed by atoms with van der Waals surface area (Å²) in [7, 11) is 0. The molecule has 1 unspecified atom stereocenters. The van der Waals surface area contributed by atoms with Gasteiger partial charge >= 0.3 is 0 Å². The normalized spacial score (nSPS) is 32.7. The SMILES string of the molecule is C=C1COC2(CCCCC2)C1CO. The van der Waals surface area contributed by atoms with E-state index in [4.69, 9.17) is 4.74 Å². The van der Waals surface area contributed by atoms with Gasteiger partial charge in [-0.15, -0.1) is 0 Å². The third-order valence-corrected chi connectivity index (χ3v) is 3.56. The van der Waals surface area contributed by atoms with Crippen LogP contribution in [0.5, 0.6) is 0 Å². The van der Waals surface area contributed by atoms with Crippen molar-refractivity contribution in [1.29, 1.82) is 0 Å². The average molecular weight is 182 g/mol. The van der Waals surface area contributed by atoms with Gasteiger partial charge in [-0.2, -0.15) is 0 Å². The summed E-state index contributed by atoms with van der Waals surface area (Å²) in [6, 6.07) is 0. The van der Waals surface area contributed by atoms with Crippen molar-refractivity contribution in [2.75, 3.05) is 13.2 Å². The fourth-order valence-electron chi connectivity index (χ4n) is 2.75. The van der Waals surface area contributed by atoms with Crippen molar-refractivity contribution < 1.29 is 9.84 Å². The molecule has 13 heavy (non-hydrogen) atoms. The van der Waals surface area contributed by atoms with Gasteiger partial charge in [-0.3, -0.25) is 0 Å². The van der Waals surface area contributed by atoms with Gasteiger partial charge in [0, 0.05) is 5.92 Å². The minimum Gasteiger partial charge on any atom is -0.396 e. The van der Waals surface area contributed by atoms with Gasteiger partial charge in [0.05, 0.1) is 18.8 Å². The second-order valence-electron chi connectivity index (χ2n) is 4.31. The van der Waals surface area contributed by atoms with E-state index >= 15 is 0 Å². The summed E-state index contributed by atoms with van der Waals surface area (Å²) in [6.45, 7) is 4.84. The molecule has 2 heteroatoms. The van der Waals surface area contributed by atoms with Crippen LogP contribution in [0.3, 0.4) is 0 Å². The Hall–Kier alpha value is -0.340. The van der Waals surface area contributed by atoms with Gasteiger partial charge in [0.25, 0.3) is 0 Å². The van der Waals surface area contributed by atoms with Crippen LogP contribution in [0.4, 0.5) is 0 Å². The third-order valence-electron chi connectivity index (χ3n) is 3.56. The van der Waals surface area contributed by atoms with Gasteiger partial charge in [-0.25, -0.2) is 0 Å². The van der Waals surface area contributed by atoms with Crippen LogP contribution >= 0.6 is 0 Å². The summed E-state index contributed by atoms with van der Waals surface area (Å²) in [6.07, 6.45) is 6.01. The van der Waals surface area contributed by atoms with Gasteiger partial charge in [0.15, 0.2) is 0 Å². The van der Waals surface area contributed by atoms with Crippen LogP contribution in [0.2, 0.25) is 0 Å².